The Balaban J connectivity index is 1.67. The number of fused-ring (bicyclic) bond motifs is 1. The van der Waals surface area contributed by atoms with Gasteiger partial charge in [0.2, 0.25) is 5.82 Å². The number of alkyl halides is 5. The standard InChI is InChI=1S/C17H13ClF5N3O4S2/c1-10-2-4-12(5-3-10)30-32(27,28)29-6-7-31-17(22,23)15-25-24-14-13(18)8-11(9-26(14)15)16(19,20)21/h2-5,8-9H,6-7H2,1H3. The highest BCUT2D eigenvalue weighted by atomic mass is 35.5. The number of nitrogens with zero attached hydrogens (tertiary/aromatic N) is 3. The van der Waals surface area contributed by atoms with Crippen molar-refractivity contribution >= 4 is 39.4 Å². The van der Waals surface area contributed by atoms with Gasteiger partial charge in [0, 0.05) is 11.9 Å². The maximum atomic E-state index is 14.6. The fourth-order valence-electron chi connectivity index (χ4n) is 2.41. The van der Waals surface area contributed by atoms with Gasteiger partial charge in [0.25, 0.3) is 0 Å². The molecular formula is C17H13ClF5N3O4S2. The summed E-state index contributed by atoms with van der Waals surface area (Å²) < 4.78 is 101. The number of thioether (sulfide) groups is 1. The van der Waals surface area contributed by atoms with Gasteiger partial charge in [-0.15, -0.1) is 10.2 Å². The number of hydrogen-bond donors (Lipinski definition) is 0. The molecular weight excluding hydrogens is 505 g/mol. The summed E-state index contributed by atoms with van der Waals surface area (Å²) >= 11 is 5.60. The Labute approximate surface area is 187 Å². The van der Waals surface area contributed by atoms with Crippen LogP contribution in [-0.4, -0.2) is 35.4 Å². The molecule has 2 aromatic heterocycles. The van der Waals surface area contributed by atoms with Gasteiger partial charge < -0.3 is 4.18 Å². The van der Waals surface area contributed by atoms with Crippen LogP contribution in [0, 0.1) is 6.92 Å². The number of benzene rings is 1. The lowest BCUT2D eigenvalue weighted by Gasteiger charge is -2.15. The van der Waals surface area contributed by atoms with Crippen molar-refractivity contribution in [2.75, 3.05) is 12.4 Å². The SMILES string of the molecule is Cc1ccc(OS(=O)(=O)OCCSC(F)(F)c2nnc3c(Cl)cc(C(F)(F)F)cn23)cc1. The molecule has 0 aliphatic carbocycles. The zero-order valence-electron chi connectivity index (χ0n) is 15.9. The van der Waals surface area contributed by atoms with Gasteiger partial charge in [-0.3, -0.25) is 4.40 Å². The summed E-state index contributed by atoms with van der Waals surface area (Å²) in [7, 11) is -4.52. The van der Waals surface area contributed by atoms with Crippen LogP contribution in [0.1, 0.15) is 17.0 Å². The second-order valence-corrected chi connectivity index (χ2v) is 9.12. The Morgan fingerprint density at radius 3 is 2.41 bits per heavy atom. The summed E-state index contributed by atoms with van der Waals surface area (Å²) in [5.74, 6) is -1.70. The molecule has 7 nitrogen and oxygen atoms in total. The van der Waals surface area contributed by atoms with E-state index in [1.807, 2.05) is 0 Å². The molecule has 0 unspecified atom stereocenters. The summed E-state index contributed by atoms with van der Waals surface area (Å²) in [6, 6.07) is 6.51. The number of pyridine rings is 1. The molecule has 3 aromatic rings. The minimum absolute atomic E-state index is 0.0270. The van der Waals surface area contributed by atoms with Crippen molar-refractivity contribution < 1.29 is 38.7 Å². The highest BCUT2D eigenvalue weighted by molar-refractivity contribution is 7.99. The van der Waals surface area contributed by atoms with E-state index in [2.05, 4.69) is 18.6 Å². The predicted molar refractivity (Wildman–Crippen MR) is 106 cm³/mol. The normalized spacial score (nSPS) is 13.0. The molecule has 0 saturated heterocycles. The van der Waals surface area contributed by atoms with Crippen molar-refractivity contribution in [3.63, 3.8) is 0 Å². The molecule has 0 bridgehead atoms. The lowest BCUT2D eigenvalue weighted by molar-refractivity contribution is -0.137. The van der Waals surface area contributed by atoms with Crippen LogP contribution < -0.4 is 4.18 Å². The van der Waals surface area contributed by atoms with Crippen molar-refractivity contribution in [2.45, 2.75) is 18.4 Å². The molecule has 174 valence electrons. The number of hydrogen-bond acceptors (Lipinski definition) is 7. The Hall–Kier alpha value is -2.16. The maximum absolute atomic E-state index is 14.6. The second kappa shape index (κ2) is 9.00. The van der Waals surface area contributed by atoms with E-state index in [-0.39, 0.29) is 23.2 Å². The first-order valence-electron chi connectivity index (χ1n) is 8.58. The quantitative estimate of drug-likeness (QED) is 0.312. The third-order valence-corrected chi connectivity index (χ3v) is 5.91. The van der Waals surface area contributed by atoms with Crippen LogP contribution in [-0.2, 0) is 26.0 Å². The minimum atomic E-state index is -4.83. The predicted octanol–water partition coefficient (Wildman–Crippen LogP) is 4.83. The lowest BCUT2D eigenvalue weighted by Crippen LogP contribution is -2.18. The molecule has 3 rings (SSSR count). The first-order chi connectivity index (χ1) is 14.8. The van der Waals surface area contributed by atoms with Crippen molar-refractivity contribution in [1.82, 2.24) is 14.6 Å². The van der Waals surface area contributed by atoms with Gasteiger partial charge in [0.05, 0.1) is 17.2 Å². The largest absolute Gasteiger partial charge is 0.449 e. The highest BCUT2D eigenvalue weighted by Crippen LogP contribution is 2.40. The summed E-state index contributed by atoms with van der Waals surface area (Å²) in [5, 5.41) is 2.30. The average molecular weight is 518 g/mol. The van der Waals surface area contributed by atoms with Crippen LogP contribution in [0.5, 0.6) is 5.75 Å². The molecule has 0 aliphatic rings. The third kappa shape index (κ3) is 5.79. The molecule has 0 spiro atoms. The van der Waals surface area contributed by atoms with Gasteiger partial charge in [-0.1, -0.05) is 41.1 Å². The first-order valence-corrected chi connectivity index (χ1v) is 11.3. The van der Waals surface area contributed by atoms with Crippen molar-refractivity contribution in [3.8, 4) is 5.75 Å². The monoisotopic (exact) mass is 517 g/mol. The Kier molecular flexibility index (Phi) is 6.88. The van der Waals surface area contributed by atoms with E-state index in [1.54, 1.807) is 19.1 Å². The molecule has 2 heterocycles. The van der Waals surface area contributed by atoms with E-state index in [4.69, 9.17) is 11.6 Å². The van der Waals surface area contributed by atoms with Gasteiger partial charge in [0.15, 0.2) is 5.65 Å². The molecule has 15 heteroatoms. The number of rotatable bonds is 8. The van der Waals surface area contributed by atoms with Gasteiger partial charge in [-0.25, -0.2) is 4.18 Å². The van der Waals surface area contributed by atoms with Gasteiger partial charge in [-0.05, 0) is 25.1 Å². The zero-order chi connectivity index (χ0) is 23.7. The van der Waals surface area contributed by atoms with Crippen LogP contribution in [0.4, 0.5) is 22.0 Å². The van der Waals surface area contributed by atoms with E-state index in [9.17, 15) is 30.4 Å². The molecule has 0 amide bonds. The molecule has 32 heavy (non-hydrogen) atoms. The Morgan fingerprint density at radius 1 is 1.12 bits per heavy atom. The minimum Gasteiger partial charge on any atom is -0.362 e. The van der Waals surface area contributed by atoms with E-state index in [0.717, 1.165) is 5.56 Å². The first kappa shape index (κ1) is 24.5. The second-order valence-electron chi connectivity index (χ2n) is 6.28. The highest BCUT2D eigenvalue weighted by Gasteiger charge is 2.40. The van der Waals surface area contributed by atoms with Crippen LogP contribution in [0.15, 0.2) is 36.5 Å². The van der Waals surface area contributed by atoms with Gasteiger partial charge >= 0.3 is 21.8 Å². The fourth-order valence-corrected chi connectivity index (χ4v) is 4.14. The topological polar surface area (TPSA) is 82.8 Å². The fraction of sp³-hybridized carbons (Fsp3) is 0.294. The van der Waals surface area contributed by atoms with Crippen LogP contribution >= 0.6 is 23.4 Å². The average Bonchev–Trinajstić information content (AvgIpc) is 3.12. The van der Waals surface area contributed by atoms with E-state index < -0.39 is 50.6 Å². The molecule has 0 saturated carbocycles. The molecule has 0 atom stereocenters. The lowest BCUT2D eigenvalue weighted by atomic mass is 10.2. The third-order valence-electron chi connectivity index (χ3n) is 3.86. The molecule has 0 N–H and O–H groups in total. The van der Waals surface area contributed by atoms with E-state index in [0.29, 0.717) is 16.7 Å². The zero-order valence-corrected chi connectivity index (χ0v) is 18.3. The summed E-state index contributed by atoms with van der Waals surface area (Å²) in [5.41, 5.74) is -0.793. The van der Waals surface area contributed by atoms with Crippen LogP contribution in [0.25, 0.3) is 5.65 Å². The maximum Gasteiger partial charge on any atom is 0.449 e. The van der Waals surface area contributed by atoms with Gasteiger partial charge in [-0.2, -0.15) is 30.4 Å². The Morgan fingerprint density at radius 2 is 1.78 bits per heavy atom. The van der Waals surface area contributed by atoms with Crippen molar-refractivity contribution in [1.29, 1.82) is 0 Å². The van der Waals surface area contributed by atoms with Crippen LogP contribution in [0.2, 0.25) is 5.02 Å². The van der Waals surface area contributed by atoms with Crippen LogP contribution in [0.3, 0.4) is 0 Å². The molecule has 0 radical (unpaired) electrons. The Bertz CT molecular complexity index is 1220. The summed E-state index contributed by atoms with van der Waals surface area (Å²) in [6.45, 7) is 1.09. The summed E-state index contributed by atoms with van der Waals surface area (Å²) in [4.78, 5) is 0. The molecule has 1 aromatic carbocycles. The van der Waals surface area contributed by atoms with Crippen molar-refractivity contribution in [2.24, 2.45) is 0 Å². The number of aromatic nitrogens is 3. The molecule has 0 fully saturated rings. The molecule has 0 aliphatic heterocycles. The van der Waals surface area contributed by atoms with Gasteiger partial charge in [0.1, 0.15) is 5.75 Å². The summed E-state index contributed by atoms with van der Waals surface area (Å²) in [6.07, 6.45) is -4.43. The van der Waals surface area contributed by atoms with E-state index >= 15 is 0 Å². The number of aryl methyl sites for hydroxylation is 1. The van der Waals surface area contributed by atoms with Crippen molar-refractivity contribution in [3.05, 3.63) is 58.5 Å². The number of halogens is 6. The van der Waals surface area contributed by atoms with E-state index in [1.165, 1.54) is 12.1 Å². The smallest absolute Gasteiger partial charge is 0.362 e.